The molecule has 0 aliphatic rings. The van der Waals surface area contributed by atoms with E-state index in [9.17, 15) is 19.7 Å². The highest BCUT2D eigenvalue weighted by Gasteiger charge is 2.17. The monoisotopic (exact) mass is 342 g/mol. The van der Waals surface area contributed by atoms with E-state index in [1.54, 1.807) is 6.07 Å². The minimum Gasteiger partial charge on any atom is -0.455 e. The van der Waals surface area contributed by atoms with E-state index in [1.807, 2.05) is 32.0 Å². The maximum absolute atomic E-state index is 12.0. The molecule has 0 saturated carbocycles. The van der Waals surface area contributed by atoms with Crippen LogP contribution in [0.3, 0.4) is 0 Å². The molecule has 0 radical (unpaired) electrons. The third kappa shape index (κ3) is 4.87. The van der Waals surface area contributed by atoms with Gasteiger partial charge in [0.2, 0.25) is 0 Å². The van der Waals surface area contributed by atoms with Gasteiger partial charge in [0.25, 0.3) is 11.6 Å². The second kappa shape index (κ2) is 8.05. The zero-order chi connectivity index (χ0) is 18.4. The number of benzene rings is 2. The number of ether oxygens (including phenoxy) is 1. The number of esters is 1. The molecule has 0 heterocycles. The van der Waals surface area contributed by atoms with Crippen molar-refractivity contribution < 1.29 is 19.2 Å². The summed E-state index contributed by atoms with van der Waals surface area (Å²) in [6.45, 7) is 3.28. The number of hydrogen-bond acceptors (Lipinski definition) is 5. The number of carbonyl (C=O) groups excluding carboxylic acids is 2. The minimum atomic E-state index is -0.703. The first-order valence-electron chi connectivity index (χ1n) is 7.62. The van der Waals surface area contributed by atoms with Gasteiger partial charge in [-0.3, -0.25) is 19.7 Å². The fourth-order valence-corrected chi connectivity index (χ4v) is 2.38. The van der Waals surface area contributed by atoms with E-state index in [-0.39, 0.29) is 17.7 Å². The van der Waals surface area contributed by atoms with Gasteiger partial charge in [-0.2, -0.15) is 0 Å². The Bertz CT molecular complexity index is 797. The second-order valence-corrected chi connectivity index (χ2v) is 5.54. The normalized spacial score (nSPS) is 10.2. The van der Waals surface area contributed by atoms with Crippen molar-refractivity contribution in [3.8, 4) is 0 Å². The number of anilines is 1. The minimum absolute atomic E-state index is 0.153. The van der Waals surface area contributed by atoms with Crippen molar-refractivity contribution in [2.75, 3.05) is 11.9 Å². The SMILES string of the molecule is Cc1cccc(C)c1NC(=O)COC(=O)Cc1ccccc1[N+](=O)[O-]. The Kier molecular flexibility index (Phi) is 5.84. The van der Waals surface area contributed by atoms with Crippen LogP contribution in [0.1, 0.15) is 16.7 Å². The lowest BCUT2D eigenvalue weighted by Gasteiger charge is -2.11. The summed E-state index contributed by atoms with van der Waals surface area (Å²) in [5.41, 5.74) is 2.58. The number of nitrogens with one attached hydrogen (secondary N) is 1. The first-order valence-corrected chi connectivity index (χ1v) is 7.62. The number of nitro groups is 1. The van der Waals surface area contributed by atoms with Crippen LogP contribution < -0.4 is 5.32 Å². The van der Waals surface area contributed by atoms with Crippen LogP contribution >= 0.6 is 0 Å². The van der Waals surface area contributed by atoms with Crippen molar-refractivity contribution in [2.45, 2.75) is 20.3 Å². The molecule has 130 valence electrons. The molecule has 0 spiro atoms. The molecule has 25 heavy (non-hydrogen) atoms. The molecule has 2 aromatic rings. The van der Waals surface area contributed by atoms with Gasteiger partial charge in [0.1, 0.15) is 0 Å². The summed E-state index contributed by atoms with van der Waals surface area (Å²) in [6.07, 6.45) is -0.270. The predicted octanol–water partition coefficient (Wildman–Crippen LogP) is 2.94. The molecule has 0 atom stereocenters. The van der Waals surface area contributed by atoms with E-state index < -0.39 is 23.4 Å². The molecule has 0 aliphatic heterocycles. The highest BCUT2D eigenvalue weighted by atomic mass is 16.6. The number of nitro benzene ring substituents is 1. The first kappa shape index (κ1) is 18.1. The fraction of sp³-hybridized carbons (Fsp3) is 0.222. The first-order chi connectivity index (χ1) is 11.9. The Morgan fingerprint density at radius 3 is 2.36 bits per heavy atom. The number of para-hydroxylation sites is 2. The molecule has 2 rings (SSSR count). The molecule has 7 nitrogen and oxygen atoms in total. The van der Waals surface area contributed by atoms with Gasteiger partial charge in [-0.25, -0.2) is 0 Å². The van der Waals surface area contributed by atoms with Crippen molar-refractivity contribution in [3.05, 3.63) is 69.3 Å². The van der Waals surface area contributed by atoms with Crippen molar-refractivity contribution in [3.63, 3.8) is 0 Å². The highest BCUT2D eigenvalue weighted by molar-refractivity contribution is 5.94. The molecular formula is C18H18N2O5. The van der Waals surface area contributed by atoms with Crippen molar-refractivity contribution in [1.82, 2.24) is 0 Å². The molecule has 0 bridgehead atoms. The lowest BCUT2D eigenvalue weighted by Crippen LogP contribution is -2.22. The van der Waals surface area contributed by atoms with Crippen LogP contribution in [0, 0.1) is 24.0 Å². The molecule has 0 fully saturated rings. The number of amides is 1. The quantitative estimate of drug-likeness (QED) is 0.494. The van der Waals surface area contributed by atoms with Gasteiger partial charge < -0.3 is 10.1 Å². The Labute approximate surface area is 144 Å². The van der Waals surface area contributed by atoms with E-state index >= 15 is 0 Å². The van der Waals surface area contributed by atoms with E-state index in [4.69, 9.17) is 4.74 Å². The fourth-order valence-electron chi connectivity index (χ4n) is 2.38. The molecule has 0 aromatic heterocycles. The standard InChI is InChI=1S/C18H18N2O5/c1-12-6-5-7-13(2)18(12)19-16(21)11-25-17(22)10-14-8-3-4-9-15(14)20(23)24/h3-9H,10-11H2,1-2H3,(H,19,21). The molecule has 7 heteroatoms. The van der Waals surface area contributed by atoms with Gasteiger partial charge in [-0.1, -0.05) is 36.4 Å². The molecule has 2 aromatic carbocycles. The van der Waals surface area contributed by atoms with E-state index in [2.05, 4.69) is 5.32 Å². The van der Waals surface area contributed by atoms with Crippen molar-refractivity contribution in [2.24, 2.45) is 0 Å². The zero-order valence-electron chi connectivity index (χ0n) is 13.9. The van der Waals surface area contributed by atoms with Crippen LogP contribution in [-0.2, 0) is 20.7 Å². The van der Waals surface area contributed by atoms with E-state index in [0.29, 0.717) is 5.69 Å². The summed E-state index contributed by atoms with van der Waals surface area (Å²) in [5.74, 6) is -1.17. The van der Waals surface area contributed by atoms with Crippen LogP contribution in [0.5, 0.6) is 0 Å². The summed E-state index contributed by atoms with van der Waals surface area (Å²) in [5, 5.41) is 13.6. The molecule has 1 amide bonds. The van der Waals surface area contributed by atoms with Crippen LogP contribution in [0.25, 0.3) is 0 Å². The Hall–Kier alpha value is -3.22. The van der Waals surface area contributed by atoms with Gasteiger partial charge in [0.05, 0.1) is 11.3 Å². The average molecular weight is 342 g/mol. The van der Waals surface area contributed by atoms with E-state index in [0.717, 1.165) is 11.1 Å². The number of hydrogen-bond donors (Lipinski definition) is 1. The molecule has 0 aliphatic carbocycles. The van der Waals surface area contributed by atoms with Crippen LogP contribution in [-0.4, -0.2) is 23.4 Å². The van der Waals surface area contributed by atoms with Crippen molar-refractivity contribution in [1.29, 1.82) is 0 Å². The van der Waals surface area contributed by atoms with Gasteiger partial charge in [-0.05, 0) is 25.0 Å². The summed E-state index contributed by atoms with van der Waals surface area (Å²) >= 11 is 0. The summed E-state index contributed by atoms with van der Waals surface area (Å²) in [6, 6.07) is 11.5. The smallest absolute Gasteiger partial charge is 0.311 e. The van der Waals surface area contributed by atoms with Gasteiger partial charge in [-0.15, -0.1) is 0 Å². The lowest BCUT2D eigenvalue weighted by molar-refractivity contribution is -0.385. The van der Waals surface area contributed by atoms with Gasteiger partial charge in [0, 0.05) is 17.3 Å². The largest absolute Gasteiger partial charge is 0.455 e. The lowest BCUT2D eigenvalue weighted by atomic mass is 10.1. The van der Waals surface area contributed by atoms with Gasteiger partial charge >= 0.3 is 5.97 Å². The van der Waals surface area contributed by atoms with Crippen LogP contribution in [0.2, 0.25) is 0 Å². The summed E-state index contributed by atoms with van der Waals surface area (Å²) in [7, 11) is 0. The molecule has 0 unspecified atom stereocenters. The summed E-state index contributed by atoms with van der Waals surface area (Å²) < 4.78 is 4.92. The van der Waals surface area contributed by atoms with Gasteiger partial charge in [0.15, 0.2) is 6.61 Å². The van der Waals surface area contributed by atoms with Crippen LogP contribution in [0.15, 0.2) is 42.5 Å². The number of aryl methyl sites for hydroxylation is 2. The van der Waals surface area contributed by atoms with Crippen molar-refractivity contribution >= 4 is 23.3 Å². The predicted molar refractivity (Wildman–Crippen MR) is 92.3 cm³/mol. The number of nitrogens with zero attached hydrogens (tertiary/aromatic N) is 1. The molecule has 0 saturated heterocycles. The maximum atomic E-state index is 12.0. The molecule has 1 N–H and O–H groups in total. The Balaban J connectivity index is 1.92. The number of carbonyl (C=O) groups is 2. The molecular weight excluding hydrogens is 324 g/mol. The third-order valence-corrected chi connectivity index (χ3v) is 3.63. The topological polar surface area (TPSA) is 98.5 Å². The Morgan fingerprint density at radius 2 is 1.72 bits per heavy atom. The average Bonchev–Trinajstić information content (AvgIpc) is 2.57. The maximum Gasteiger partial charge on any atom is 0.311 e. The second-order valence-electron chi connectivity index (χ2n) is 5.54. The van der Waals surface area contributed by atoms with E-state index in [1.165, 1.54) is 18.2 Å². The Morgan fingerprint density at radius 1 is 1.08 bits per heavy atom. The highest BCUT2D eigenvalue weighted by Crippen LogP contribution is 2.20. The summed E-state index contributed by atoms with van der Waals surface area (Å²) in [4.78, 5) is 34.2. The van der Waals surface area contributed by atoms with Crippen LogP contribution in [0.4, 0.5) is 11.4 Å². The number of rotatable bonds is 6. The zero-order valence-corrected chi connectivity index (χ0v) is 13.9. The third-order valence-electron chi connectivity index (χ3n) is 3.63.